The average Bonchev–Trinajstić information content (AvgIpc) is 2.60. The summed E-state index contributed by atoms with van der Waals surface area (Å²) in [7, 11) is 1.19. The number of carbonyl (C=O) groups is 2. The molecule has 2 rings (SSSR count). The van der Waals surface area contributed by atoms with E-state index in [2.05, 4.69) is 16.1 Å². The Hall–Kier alpha value is -3.33. The average molecular weight is 324 g/mol. The van der Waals surface area contributed by atoms with Gasteiger partial charge in [-0.05, 0) is 22.8 Å². The number of esters is 1. The number of hydrogen-bond acceptors (Lipinski definition) is 4. The molecule has 1 unspecified atom stereocenters. The molecule has 0 aliphatic rings. The number of rotatable bonds is 5. The van der Waals surface area contributed by atoms with E-state index in [0.717, 1.165) is 11.1 Å². The van der Waals surface area contributed by atoms with Crippen molar-refractivity contribution in [1.29, 1.82) is 5.26 Å². The van der Waals surface area contributed by atoms with Gasteiger partial charge in [0.1, 0.15) is 6.04 Å². The summed E-state index contributed by atoms with van der Waals surface area (Å²) in [6, 6.07) is 15.8. The van der Waals surface area contributed by atoms with Crippen molar-refractivity contribution in [1.82, 2.24) is 5.32 Å². The maximum absolute atomic E-state index is 11.7. The van der Waals surface area contributed by atoms with Crippen LogP contribution in [0.5, 0.6) is 0 Å². The van der Waals surface area contributed by atoms with Crippen LogP contribution in [0.3, 0.4) is 0 Å². The van der Waals surface area contributed by atoms with Crippen LogP contribution in [0.25, 0.3) is 11.1 Å². The maximum Gasteiger partial charge on any atom is 0.405 e. The fourth-order valence-corrected chi connectivity index (χ4v) is 2.40. The Morgan fingerprint density at radius 1 is 1.25 bits per heavy atom. The Bertz CT molecular complexity index is 781. The Labute approximate surface area is 139 Å². The highest BCUT2D eigenvalue weighted by Gasteiger charge is 2.22. The van der Waals surface area contributed by atoms with Crippen molar-refractivity contribution in [3.63, 3.8) is 0 Å². The number of carboxylic acid groups (broad SMARTS) is 1. The Kier molecular flexibility index (Phi) is 5.53. The summed E-state index contributed by atoms with van der Waals surface area (Å²) in [5.74, 6) is -0.678. The minimum atomic E-state index is -1.31. The van der Waals surface area contributed by atoms with E-state index in [0.29, 0.717) is 11.1 Å². The highest BCUT2D eigenvalue weighted by Crippen LogP contribution is 2.24. The summed E-state index contributed by atoms with van der Waals surface area (Å²) in [5.41, 5.74) is 2.81. The number of methoxy groups -OCH3 is 1. The van der Waals surface area contributed by atoms with Crippen molar-refractivity contribution in [3.8, 4) is 17.2 Å². The molecular formula is C18H16N2O4. The second-order valence-corrected chi connectivity index (χ2v) is 5.09. The molecule has 122 valence electrons. The standard InChI is InChI=1S/C18H16N2O4/c1-24-17(21)16(20-18(22)23)10-12-7-8-15(14(9-12)11-19)13-5-3-2-4-6-13/h2-9,16,20H,10H2,1H3,(H,22,23). The van der Waals surface area contributed by atoms with Gasteiger partial charge in [-0.25, -0.2) is 9.59 Å². The molecule has 0 spiro atoms. The third-order valence-corrected chi connectivity index (χ3v) is 3.51. The first-order valence-electron chi connectivity index (χ1n) is 7.21. The van der Waals surface area contributed by atoms with Crippen LogP contribution in [-0.2, 0) is 16.0 Å². The molecular weight excluding hydrogens is 308 g/mol. The summed E-state index contributed by atoms with van der Waals surface area (Å²) >= 11 is 0. The van der Waals surface area contributed by atoms with Crippen molar-refractivity contribution in [3.05, 3.63) is 59.7 Å². The van der Waals surface area contributed by atoms with Gasteiger partial charge >= 0.3 is 12.1 Å². The summed E-state index contributed by atoms with van der Waals surface area (Å²) in [4.78, 5) is 22.5. The lowest BCUT2D eigenvalue weighted by Crippen LogP contribution is -2.42. The van der Waals surface area contributed by atoms with Crippen molar-refractivity contribution < 1.29 is 19.4 Å². The predicted octanol–water partition coefficient (Wildman–Crippen LogP) is 2.58. The predicted molar refractivity (Wildman–Crippen MR) is 87.3 cm³/mol. The van der Waals surface area contributed by atoms with Gasteiger partial charge in [-0.3, -0.25) is 0 Å². The lowest BCUT2D eigenvalue weighted by atomic mass is 9.96. The SMILES string of the molecule is COC(=O)C(Cc1ccc(-c2ccccc2)c(C#N)c1)NC(=O)O. The van der Waals surface area contributed by atoms with E-state index in [9.17, 15) is 14.9 Å². The maximum atomic E-state index is 11.7. The molecule has 0 heterocycles. The number of benzene rings is 2. The van der Waals surface area contributed by atoms with Crippen LogP contribution < -0.4 is 5.32 Å². The highest BCUT2D eigenvalue weighted by atomic mass is 16.5. The van der Waals surface area contributed by atoms with Crippen LogP contribution in [0.2, 0.25) is 0 Å². The third-order valence-electron chi connectivity index (χ3n) is 3.51. The monoisotopic (exact) mass is 324 g/mol. The topological polar surface area (TPSA) is 99.4 Å². The van der Waals surface area contributed by atoms with Crippen LogP contribution in [-0.4, -0.2) is 30.3 Å². The molecule has 0 fully saturated rings. The van der Waals surface area contributed by atoms with E-state index < -0.39 is 18.1 Å². The lowest BCUT2D eigenvalue weighted by Gasteiger charge is -2.15. The molecule has 0 saturated carbocycles. The van der Waals surface area contributed by atoms with Gasteiger partial charge in [-0.15, -0.1) is 0 Å². The van der Waals surface area contributed by atoms with Gasteiger partial charge in [-0.2, -0.15) is 5.26 Å². The fraction of sp³-hybridized carbons (Fsp3) is 0.167. The second kappa shape index (κ2) is 7.79. The normalized spacial score (nSPS) is 11.2. The number of amides is 1. The first-order chi connectivity index (χ1) is 11.5. The molecule has 2 aromatic rings. The first-order valence-corrected chi connectivity index (χ1v) is 7.21. The molecule has 1 amide bonds. The Balaban J connectivity index is 2.30. The van der Waals surface area contributed by atoms with E-state index >= 15 is 0 Å². The number of carbonyl (C=O) groups excluding carboxylic acids is 1. The summed E-state index contributed by atoms with van der Waals surface area (Å²) < 4.78 is 4.61. The molecule has 0 aliphatic carbocycles. The second-order valence-electron chi connectivity index (χ2n) is 5.09. The smallest absolute Gasteiger partial charge is 0.405 e. The molecule has 2 aromatic carbocycles. The van der Waals surface area contributed by atoms with Crippen LogP contribution >= 0.6 is 0 Å². The van der Waals surface area contributed by atoms with E-state index in [1.54, 1.807) is 18.2 Å². The zero-order chi connectivity index (χ0) is 17.5. The molecule has 0 aromatic heterocycles. The van der Waals surface area contributed by atoms with Crippen LogP contribution in [0.15, 0.2) is 48.5 Å². The van der Waals surface area contributed by atoms with E-state index in [-0.39, 0.29) is 6.42 Å². The molecule has 1 atom stereocenters. The molecule has 0 saturated heterocycles. The largest absolute Gasteiger partial charge is 0.467 e. The number of nitriles is 1. The molecule has 0 radical (unpaired) electrons. The summed E-state index contributed by atoms with van der Waals surface area (Å²) in [6.07, 6.45) is -1.21. The minimum absolute atomic E-state index is 0.0999. The van der Waals surface area contributed by atoms with E-state index in [4.69, 9.17) is 5.11 Å². The summed E-state index contributed by atoms with van der Waals surface area (Å²) in [5, 5.41) is 20.3. The molecule has 6 heteroatoms. The van der Waals surface area contributed by atoms with Crippen molar-refractivity contribution >= 4 is 12.1 Å². The van der Waals surface area contributed by atoms with Crippen molar-refractivity contribution in [2.24, 2.45) is 0 Å². The Morgan fingerprint density at radius 2 is 1.96 bits per heavy atom. The number of hydrogen-bond donors (Lipinski definition) is 2. The minimum Gasteiger partial charge on any atom is -0.467 e. The van der Waals surface area contributed by atoms with E-state index in [1.165, 1.54) is 7.11 Å². The number of ether oxygens (including phenoxy) is 1. The van der Waals surface area contributed by atoms with Crippen molar-refractivity contribution in [2.75, 3.05) is 7.11 Å². The zero-order valence-corrected chi connectivity index (χ0v) is 13.0. The molecule has 6 nitrogen and oxygen atoms in total. The Morgan fingerprint density at radius 3 is 2.54 bits per heavy atom. The number of nitrogens with one attached hydrogen (secondary N) is 1. The van der Waals surface area contributed by atoms with Gasteiger partial charge in [0.15, 0.2) is 0 Å². The molecule has 0 bridgehead atoms. The molecule has 2 N–H and O–H groups in total. The van der Waals surface area contributed by atoms with Gasteiger partial charge in [0, 0.05) is 6.42 Å². The quantitative estimate of drug-likeness (QED) is 0.824. The third kappa shape index (κ3) is 4.11. The van der Waals surface area contributed by atoms with Crippen LogP contribution in [0, 0.1) is 11.3 Å². The van der Waals surface area contributed by atoms with Gasteiger partial charge in [-0.1, -0.05) is 42.5 Å². The molecule has 0 aliphatic heterocycles. The van der Waals surface area contributed by atoms with E-state index in [1.807, 2.05) is 30.3 Å². The fourth-order valence-electron chi connectivity index (χ4n) is 2.40. The van der Waals surface area contributed by atoms with Gasteiger partial charge < -0.3 is 15.2 Å². The highest BCUT2D eigenvalue weighted by molar-refractivity contribution is 5.81. The van der Waals surface area contributed by atoms with Crippen LogP contribution in [0.1, 0.15) is 11.1 Å². The summed E-state index contributed by atoms with van der Waals surface area (Å²) in [6.45, 7) is 0. The zero-order valence-electron chi connectivity index (χ0n) is 13.0. The van der Waals surface area contributed by atoms with Crippen LogP contribution in [0.4, 0.5) is 4.79 Å². The van der Waals surface area contributed by atoms with Crippen molar-refractivity contribution in [2.45, 2.75) is 12.5 Å². The number of nitrogens with zero attached hydrogens (tertiary/aromatic N) is 1. The first kappa shape index (κ1) is 17.0. The molecule has 24 heavy (non-hydrogen) atoms. The van der Waals surface area contributed by atoms with Gasteiger partial charge in [0.2, 0.25) is 0 Å². The lowest BCUT2D eigenvalue weighted by molar-refractivity contribution is -0.142. The van der Waals surface area contributed by atoms with Gasteiger partial charge in [0.05, 0.1) is 18.7 Å². The van der Waals surface area contributed by atoms with Gasteiger partial charge in [0.25, 0.3) is 0 Å².